The number of aromatic nitrogens is 1. The van der Waals surface area contributed by atoms with Crippen LogP contribution in [0.3, 0.4) is 0 Å². The van der Waals surface area contributed by atoms with Gasteiger partial charge in [0, 0.05) is 24.7 Å². The standard InChI is InChI=1S/C24H29N2O5P/c1-18-21(17-23(27)25-15-9-4-10-16-31-32(28,29)30-2)24(19-11-5-3-6-12-19)20-13-7-8-14-22(20)26-18/h3,5-8,11-14H,4,9-10,15-17H2,1-2H3,(H,25,27)(H,28,29). The second-order valence-electron chi connectivity index (χ2n) is 7.51. The number of carbonyl (C=O) groups excluding carboxylic acids is 1. The predicted octanol–water partition coefficient (Wildman–Crippen LogP) is 4.80. The lowest BCUT2D eigenvalue weighted by molar-refractivity contribution is -0.120. The molecule has 0 aliphatic rings. The lowest BCUT2D eigenvalue weighted by Crippen LogP contribution is -2.26. The van der Waals surface area contributed by atoms with Gasteiger partial charge in [-0.2, -0.15) is 0 Å². The van der Waals surface area contributed by atoms with Crippen LogP contribution in [0.4, 0.5) is 0 Å². The van der Waals surface area contributed by atoms with Crippen molar-refractivity contribution < 1.29 is 23.3 Å². The van der Waals surface area contributed by atoms with E-state index in [1.165, 1.54) is 0 Å². The van der Waals surface area contributed by atoms with Crippen molar-refractivity contribution in [3.05, 3.63) is 65.9 Å². The molecule has 0 spiro atoms. The third kappa shape index (κ3) is 6.47. The molecule has 1 aromatic heterocycles. The molecule has 1 amide bonds. The topological polar surface area (TPSA) is 97.8 Å². The van der Waals surface area contributed by atoms with Gasteiger partial charge >= 0.3 is 7.82 Å². The van der Waals surface area contributed by atoms with Gasteiger partial charge < -0.3 is 10.2 Å². The normalized spacial score (nSPS) is 13.1. The van der Waals surface area contributed by atoms with Crippen LogP contribution in [0, 0.1) is 6.92 Å². The zero-order valence-corrected chi connectivity index (χ0v) is 19.3. The molecule has 32 heavy (non-hydrogen) atoms. The maximum Gasteiger partial charge on any atom is 0.471 e. The van der Waals surface area contributed by atoms with Gasteiger partial charge in [0.2, 0.25) is 5.91 Å². The summed E-state index contributed by atoms with van der Waals surface area (Å²) in [6, 6.07) is 18.1. The summed E-state index contributed by atoms with van der Waals surface area (Å²) >= 11 is 0. The van der Waals surface area contributed by atoms with Crippen LogP contribution in [0.5, 0.6) is 0 Å². The van der Waals surface area contributed by atoms with E-state index in [1.807, 2.05) is 49.4 Å². The van der Waals surface area contributed by atoms with Crippen molar-refractivity contribution in [2.24, 2.45) is 0 Å². The molecule has 1 unspecified atom stereocenters. The number of nitrogens with zero attached hydrogens (tertiary/aromatic N) is 1. The summed E-state index contributed by atoms with van der Waals surface area (Å²) in [5, 5.41) is 4.00. The van der Waals surface area contributed by atoms with Gasteiger partial charge in [0.1, 0.15) is 0 Å². The molecular formula is C24H29N2O5P. The van der Waals surface area contributed by atoms with Crippen LogP contribution in [0.25, 0.3) is 22.0 Å². The third-order valence-corrected chi connectivity index (χ3v) is 6.20. The van der Waals surface area contributed by atoms with Crippen LogP contribution in [0.15, 0.2) is 54.6 Å². The SMILES string of the molecule is COP(=O)(O)OCCCCCNC(=O)Cc1c(C)nc2ccccc2c1-c1ccccc1. The number of hydrogen-bond acceptors (Lipinski definition) is 5. The lowest BCUT2D eigenvalue weighted by atomic mass is 9.92. The lowest BCUT2D eigenvalue weighted by Gasteiger charge is -2.16. The first-order valence-corrected chi connectivity index (χ1v) is 12.1. The quantitative estimate of drug-likeness (QED) is 0.318. The molecule has 3 aromatic rings. The van der Waals surface area contributed by atoms with Gasteiger partial charge in [-0.1, -0.05) is 48.5 Å². The van der Waals surface area contributed by atoms with E-state index in [-0.39, 0.29) is 18.9 Å². The summed E-state index contributed by atoms with van der Waals surface area (Å²) in [5.74, 6) is -0.0575. The molecule has 0 saturated heterocycles. The van der Waals surface area contributed by atoms with E-state index in [0.29, 0.717) is 13.0 Å². The predicted molar refractivity (Wildman–Crippen MR) is 125 cm³/mol. The first-order valence-electron chi connectivity index (χ1n) is 10.6. The summed E-state index contributed by atoms with van der Waals surface area (Å²) in [4.78, 5) is 26.6. The van der Waals surface area contributed by atoms with Crippen molar-refractivity contribution in [2.45, 2.75) is 32.6 Å². The van der Waals surface area contributed by atoms with Crippen molar-refractivity contribution in [3.63, 3.8) is 0 Å². The highest BCUT2D eigenvalue weighted by molar-refractivity contribution is 7.47. The van der Waals surface area contributed by atoms with E-state index in [9.17, 15) is 14.3 Å². The minimum Gasteiger partial charge on any atom is -0.356 e. The maximum atomic E-state index is 12.7. The molecule has 1 heterocycles. The molecule has 0 aliphatic heterocycles. The van der Waals surface area contributed by atoms with Crippen LogP contribution in [0.2, 0.25) is 0 Å². The number of para-hydroxylation sites is 1. The van der Waals surface area contributed by atoms with Crippen LogP contribution in [-0.4, -0.2) is 36.0 Å². The maximum absolute atomic E-state index is 12.7. The number of pyridine rings is 1. The molecule has 0 saturated carbocycles. The Morgan fingerprint density at radius 1 is 1.06 bits per heavy atom. The molecule has 8 heteroatoms. The molecule has 2 aromatic carbocycles. The smallest absolute Gasteiger partial charge is 0.356 e. The molecule has 0 aliphatic carbocycles. The monoisotopic (exact) mass is 456 g/mol. The van der Waals surface area contributed by atoms with Crippen LogP contribution < -0.4 is 5.32 Å². The summed E-state index contributed by atoms with van der Waals surface area (Å²) in [7, 11) is -2.78. The molecule has 170 valence electrons. The van der Waals surface area contributed by atoms with Crippen molar-refractivity contribution in [2.75, 3.05) is 20.3 Å². The number of fused-ring (bicyclic) bond motifs is 1. The molecule has 1 atom stereocenters. The number of carbonyl (C=O) groups is 1. The Morgan fingerprint density at radius 3 is 2.53 bits per heavy atom. The van der Waals surface area contributed by atoms with Crippen molar-refractivity contribution in [1.29, 1.82) is 0 Å². The second kappa shape index (κ2) is 11.3. The third-order valence-electron chi connectivity index (χ3n) is 5.23. The Labute approximate surface area is 188 Å². The Morgan fingerprint density at radius 2 is 1.78 bits per heavy atom. The van der Waals surface area contributed by atoms with E-state index < -0.39 is 7.82 Å². The number of phosphoric ester groups is 1. The number of nitrogens with one attached hydrogen (secondary N) is 1. The molecule has 0 bridgehead atoms. The van der Waals surface area contributed by atoms with Gasteiger partial charge in [-0.25, -0.2) is 4.57 Å². The van der Waals surface area contributed by atoms with Crippen molar-refractivity contribution in [3.8, 4) is 11.1 Å². The molecule has 2 N–H and O–H groups in total. The van der Waals surface area contributed by atoms with E-state index in [0.717, 1.165) is 53.2 Å². The molecule has 0 radical (unpaired) electrons. The minimum absolute atomic E-state index is 0.0575. The van der Waals surface area contributed by atoms with Gasteiger partial charge in [-0.3, -0.25) is 18.8 Å². The average molecular weight is 456 g/mol. The number of hydrogen-bond donors (Lipinski definition) is 2. The highest BCUT2D eigenvalue weighted by atomic mass is 31.2. The van der Waals surface area contributed by atoms with Crippen LogP contribution in [-0.2, 0) is 24.8 Å². The second-order valence-corrected chi connectivity index (χ2v) is 9.07. The fourth-order valence-corrected chi connectivity index (χ4v) is 4.08. The molecule has 7 nitrogen and oxygen atoms in total. The average Bonchev–Trinajstić information content (AvgIpc) is 2.79. The fraction of sp³-hybridized carbons (Fsp3) is 0.333. The number of benzene rings is 2. The van der Waals surface area contributed by atoms with Crippen LogP contribution >= 0.6 is 7.82 Å². The zero-order valence-electron chi connectivity index (χ0n) is 18.4. The van der Waals surface area contributed by atoms with E-state index >= 15 is 0 Å². The molecule has 0 fully saturated rings. The van der Waals surface area contributed by atoms with Gasteiger partial charge in [0.05, 0.1) is 18.5 Å². The molecular weight excluding hydrogens is 427 g/mol. The minimum atomic E-state index is -3.91. The highest BCUT2D eigenvalue weighted by Crippen LogP contribution is 2.41. The van der Waals surface area contributed by atoms with Crippen molar-refractivity contribution in [1.82, 2.24) is 10.3 Å². The van der Waals surface area contributed by atoms with Crippen LogP contribution in [0.1, 0.15) is 30.5 Å². The Bertz CT molecular complexity index is 1100. The number of phosphoric acid groups is 1. The first kappa shape index (κ1) is 24.1. The van der Waals surface area contributed by atoms with E-state index in [4.69, 9.17) is 9.51 Å². The zero-order chi connectivity index (χ0) is 23.0. The van der Waals surface area contributed by atoms with Gasteiger partial charge in [-0.15, -0.1) is 0 Å². The highest BCUT2D eigenvalue weighted by Gasteiger charge is 2.18. The summed E-state index contributed by atoms with van der Waals surface area (Å²) in [6.07, 6.45) is 2.36. The number of amides is 1. The Hall–Kier alpha value is -2.57. The Balaban J connectivity index is 1.63. The van der Waals surface area contributed by atoms with Gasteiger partial charge in [-0.05, 0) is 48.9 Å². The summed E-state index contributed by atoms with van der Waals surface area (Å²) in [5.41, 5.74) is 4.80. The van der Waals surface area contributed by atoms with E-state index in [1.54, 1.807) is 0 Å². The number of aryl methyl sites for hydroxylation is 1. The van der Waals surface area contributed by atoms with Gasteiger partial charge in [0.15, 0.2) is 0 Å². The largest absolute Gasteiger partial charge is 0.471 e. The Kier molecular flexibility index (Phi) is 8.53. The number of rotatable bonds is 11. The molecule has 3 rings (SSSR count). The first-order chi connectivity index (χ1) is 15.4. The van der Waals surface area contributed by atoms with Gasteiger partial charge in [0.25, 0.3) is 0 Å². The summed E-state index contributed by atoms with van der Waals surface area (Å²) in [6.45, 7) is 2.61. The van der Waals surface area contributed by atoms with Crippen molar-refractivity contribution >= 4 is 24.6 Å². The summed E-state index contributed by atoms with van der Waals surface area (Å²) < 4.78 is 20.4. The number of unbranched alkanes of at least 4 members (excludes halogenated alkanes) is 2. The van der Waals surface area contributed by atoms with E-state index in [2.05, 4.69) is 22.0 Å². The fourth-order valence-electron chi connectivity index (χ4n) is 3.61.